The van der Waals surface area contributed by atoms with E-state index in [-0.39, 0.29) is 11.6 Å². The van der Waals surface area contributed by atoms with E-state index in [0.717, 1.165) is 0 Å². The third kappa shape index (κ3) is 2.09. The van der Waals surface area contributed by atoms with Crippen molar-refractivity contribution in [2.45, 2.75) is 6.04 Å². The monoisotopic (exact) mass is 223 g/mol. The molecule has 0 spiro atoms. The molecular weight excluding hydrogens is 210 g/mol. The third-order valence-electron chi connectivity index (χ3n) is 2.44. The Labute approximate surface area is 93.0 Å². The molecule has 2 rings (SSSR count). The Balaban J connectivity index is 2.23. The molecule has 1 saturated heterocycles. The smallest absolute Gasteiger partial charge is 0.335 e. The highest BCUT2D eigenvalue weighted by atomic mass is 16.5. The average Bonchev–Trinajstić information content (AvgIpc) is 2.23. The van der Waals surface area contributed by atoms with Gasteiger partial charge in [-0.1, -0.05) is 0 Å². The van der Waals surface area contributed by atoms with Gasteiger partial charge in [0.25, 0.3) is 0 Å². The highest BCUT2D eigenvalue weighted by Crippen LogP contribution is 2.27. The van der Waals surface area contributed by atoms with Crippen LogP contribution < -0.4 is 10.1 Å². The van der Waals surface area contributed by atoms with Crippen LogP contribution in [0.5, 0.6) is 5.75 Å². The van der Waals surface area contributed by atoms with Crippen molar-refractivity contribution in [1.29, 1.82) is 0 Å². The predicted molar refractivity (Wildman–Crippen MR) is 58.2 cm³/mol. The highest BCUT2D eigenvalue weighted by Gasteiger charge is 2.20. The molecule has 2 N–H and O–H groups in total. The molecule has 5 heteroatoms. The van der Waals surface area contributed by atoms with Crippen LogP contribution in [0, 0.1) is 0 Å². The first-order valence-electron chi connectivity index (χ1n) is 4.96. The van der Waals surface area contributed by atoms with Crippen LogP contribution in [0.15, 0.2) is 18.2 Å². The molecular formula is C11H13NO4. The molecule has 1 aliphatic rings. The number of anilines is 1. The number of hydrogen-bond donors (Lipinski definition) is 2. The minimum atomic E-state index is -0.949. The first kappa shape index (κ1) is 10.8. The minimum Gasteiger partial charge on any atom is -0.495 e. The topological polar surface area (TPSA) is 67.8 Å². The lowest BCUT2D eigenvalue weighted by Gasteiger charge is -2.28. The summed E-state index contributed by atoms with van der Waals surface area (Å²) in [6.45, 7) is 1.28. The van der Waals surface area contributed by atoms with E-state index in [4.69, 9.17) is 14.6 Å². The first-order chi connectivity index (χ1) is 7.70. The van der Waals surface area contributed by atoms with Gasteiger partial charge >= 0.3 is 5.97 Å². The number of benzene rings is 1. The number of hydrogen-bond acceptors (Lipinski definition) is 4. The Morgan fingerprint density at radius 3 is 2.81 bits per heavy atom. The van der Waals surface area contributed by atoms with Crippen molar-refractivity contribution in [1.82, 2.24) is 0 Å². The van der Waals surface area contributed by atoms with Gasteiger partial charge in [-0.25, -0.2) is 4.79 Å². The second-order valence-corrected chi connectivity index (χ2v) is 3.60. The summed E-state index contributed by atoms with van der Waals surface area (Å²) in [7, 11) is 1.55. The van der Waals surface area contributed by atoms with Crippen molar-refractivity contribution in [3.05, 3.63) is 23.8 Å². The van der Waals surface area contributed by atoms with Gasteiger partial charge in [-0.05, 0) is 18.2 Å². The van der Waals surface area contributed by atoms with Gasteiger partial charge < -0.3 is 19.9 Å². The molecule has 86 valence electrons. The van der Waals surface area contributed by atoms with Crippen molar-refractivity contribution in [3.63, 3.8) is 0 Å². The van der Waals surface area contributed by atoms with Crippen LogP contribution in [0.4, 0.5) is 5.69 Å². The number of aromatic carboxylic acids is 1. The maximum atomic E-state index is 10.8. The van der Waals surface area contributed by atoms with Crippen molar-refractivity contribution in [2.24, 2.45) is 0 Å². The first-order valence-corrected chi connectivity index (χ1v) is 4.96. The summed E-state index contributed by atoms with van der Waals surface area (Å²) < 4.78 is 10.2. The van der Waals surface area contributed by atoms with Crippen LogP contribution in [0.3, 0.4) is 0 Å². The zero-order chi connectivity index (χ0) is 11.5. The van der Waals surface area contributed by atoms with E-state index >= 15 is 0 Å². The lowest BCUT2D eigenvalue weighted by molar-refractivity contribution is 0.0210. The van der Waals surface area contributed by atoms with Crippen LogP contribution >= 0.6 is 0 Å². The lowest BCUT2D eigenvalue weighted by atomic mass is 10.1. The predicted octanol–water partition coefficient (Wildman–Crippen LogP) is 1.20. The van der Waals surface area contributed by atoms with Gasteiger partial charge in [0.1, 0.15) is 5.75 Å². The Morgan fingerprint density at radius 1 is 1.56 bits per heavy atom. The summed E-state index contributed by atoms with van der Waals surface area (Å²) in [5.74, 6) is -0.313. The summed E-state index contributed by atoms with van der Waals surface area (Å²) in [5.41, 5.74) is 0.930. The van der Waals surface area contributed by atoms with E-state index in [1.165, 1.54) is 6.07 Å². The maximum absolute atomic E-state index is 10.8. The molecule has 0 aromatic heterocycles. The second-order valence-electron chi connectivity index (χ2n) is 3.60. The van der Waals surface area contributed by atoms with E-state index in [2.05, 4.69) is 5.32 Å². The summed E-state index contributed by atoms with van der Waals surface area (Å²) in [5, 5.41) is 12.1. The number of rotatable bonds is 4. The van der Waals surface area contributed by atoms with Crippen LogP contribution in [-0.2, 0) is 4.74 Å². The van der Waals surface area contributed by atoms with Gasteiger partial charge in [0.05, 0.1) is 37.6 Å². The molecule has 0 amide bonds. The van der Waals surface area contributed by atoms with E-state index < -0.39 is 5.97 Å². The number of carbonyl (C=O) groups is 1. The second kappa shape index (κ2) is 4.40. The molecule has 1 aliphatic heterocycles. The third-order valence-corrected chi connectivity index (χ3v) is 2.44. The van der Waals surface area contributed by atoms with E-state index in [0.29, 0.717) is 24.7 Å². The SMILES string of the molecule is COc1ccc(C(=O)O)cc1NC1COC1. The minimum absolute atomic E-state index is 0.234. The summed E-state index contributed by atoms with van der Waals surface area (Å²) >= 11 is 0. The molecule has 16 heavy (non-hydrogen) atoms. The van der Waals surface area contributed by atoms with Gasteiger partial charge in [0.15, 0.2) is 0 Å². The summed E-state index contributed by atoms with van der Waals surface area (Å²) in [6.07, 6.45) is 0. The molecule has 1 heterocycles. The zero-order valence-electron chi connectivity index (χ0n) is 8.90. The van der Waals surface area contributed by atoms with Crippen molar-refractivity contribution < 1.29 is 19.4 Å². The number of methoxy groups -OCH3 is 1. The molecule has 0 aliphatic carbocycles. The van der Waals surface area contributed by atoms with Crippen LogP contribution in [0.1, 0.15) is 10.4 Å². The van der Waals surface area contributed by atoms with Crippen molar-refractivity contribution in [3.8, 4) is 5.75 Å². The zero-order valence-corrected chi connectivity index (χ0v) is 8.90. The highest BCUT2D eigenvalue weighted by molar-refractivity contribution is 5.89. The molecule has 5 nitrogen and oxygen atoms in total. The average molecular weight is 223 g/mol. The molecule has 1 aromatic rings. The van der Waals surface area contributed by atoms with Gasteiger partial charge in [0.2, 0.25) is 0 Å². The van der Waals surface area contributed by atoms with E-state index in [1.54, 1.807) is 19.2 Å². The number of ether oxygens (including phenoxy) is 2. The quantitative estimate of drug-likeness (QED) is 0.802. The van der Waals surface area contributed by atoms with Crippen LogP contribution in [0.2, 0.25) is 0 Å². The fourth-order valence-corrected chi connectivity index (χ4v) is 1.49. The van der Waals surface area contributed by atoms with Gasteiger partial charge in [-0.2, -0.15) is 0 Å². The molecule has 1 aromatic carbocycles. The lowest BCUT2D eigenvalue weighted by Crippen LogP contribution is -2.40. The molecule has 0 saturated carbocycles. The Hall–Kier alpha value is -1.75. The van der Waals surface area contributed by atoms with E-state index in [9.17, 15) is 4.79 Å². The molecule has 1 fully saturated rings. The van der Waals surface area contributed by atoms with Crippen molar-refractivity contribution in [2.75, 3.05) is 25.6 Å². The largest absolute Gasteiger partial charge is 0.495 e. The maximum Gasteiger partial charge on any atom is 0.335 e. The normalized spacial score (nSPS) is 15.3. The fraction of sp³-hybridized carbons (Fsp3) is 0.364. The van der Waals surface area contributed by atoms with Crippen LogP contribution in [-0.4, -0.2) is 37.4 Å². The summed E-state index contributed by atoms with van der Waals surface area (Å²) in [6, 6.07) is 4.96. The summed E-state index contributed by atoms with van der Waals surface area (Å²) in [4.78, 5) is 10.8. The molecule has 0 radical (unpaired) electrons. The molecule has 0 atom stereocenters. The van der Waals surface area contributed by atoms with Gasteiger partial charge in [0, 0.05) is 0 Å². The molecule has 0 unspecified atom stereocenters. The number of nitrogens with one attached hydrogen (secondary N) is 1. The Morgan fingerprint density at radius 2 is 2.31 bits per heavy atom. The Kier molecular flexibility index (Phi) is 2.96. The number of carboxylic acid groups (broad SMARTS) is 1. The van der Waals surface area contributed by atoms with Gasteiger partial charge in [-0.3, -0.25) is 0 Å². The molecule has 0 bridgehead atoms. The fourth-order valence-electron chi connectivity index (χ4n) is 1.49. The Bertz CT molecular complexity index is 401. The van der Waals surface area contributed by atoms with E-state index in [1.807, 2.05) is 0 Å². The van der Waals surface area contributed by atoms with Crippen LogP contribution in [0.25, 0.3) is 0 Å². The van der Waals surface area contributed by atoms with Gasteiger partial charge in [-0.15, -0.1) is 0 Å². The van der Waals surface area contributed by atoms with Crippen molar-refractivity contribution >= 4 is 11.7 Å². The standard InChI is InChI=1S/C11H13NO4/c1-15-10-3-2-7(11(13)14)4-9(10)12-8-5-16-6-8/h2-4,8,12H,5-6H2,1H3,(H,13,14). The number of carboxylic acids is 1.